The minimum absolute atomic E-state index is 0.00976. The minimum Gasteiger partial charge on any atom is -0.382 e. The van der Waals surface area contributed by atoms with Gasteiger partial charge < -0.3 is 21.3 Å². The summed E-state index contributed by atoms with van der Waals surface area (Å²) in [6.45, 7) is 2.55. The molecule has 0 aromatic carbocycles. The smallest absolute Gasteiger partial charge is 0.267 e. The van der Waals surface area contributed by atoms with Crippen molar-refractivity contribution in [2.45, 2.75) is 31.7 Å². The van der Waals surface area contributed by atoms with Crippen LogP contribution in [0.2, 0.25) is 0 Å². The molecule has 0 radical (unpaired) electrons. The van der Waals surface area contributed by atoms with E-state index in [9.17, 15) is 4.79 Å². The van der Waals surface area contributed by atoms with Crippen molar-refractivity contribution >= 4 is 28.2 Å². The highest BCUT2D eigenvalue weighted by Gasteiger charge is 2.28. The van der Waals surface area contributed by atoms with Gasteiger partial charge in [-0.25, -0.2) is 4.98 Å². The third kappa shape index (κ3) is 3.29. The van der Waals surface area contributed by atoms with E-state index in [4.69, 9.17) is 11.5 Å². The second-order valence-corrected chi connectivity index (χ2v) is 7.17. The van der Waals surface area contributed by atoms with Gasteiger partial charge >= 0.3 is 0 Å². The highest BCUT2D eigenvalue weighted by Crippen LogP contribution is 2.33. The number of piperidine rings is 1. The van der Waals surface area contributed by atoms with E-state index in [1.807, 2.05) is 7.05 Å². The van der Waals surface area contributed by atoms with Crippen LogP contribution in [0.3, 0.4) is 0 Å². The summed E-state index contributed by atoms with van der Waals surface area (Å²) >= 11 is 1.40. The van der Waals surface area contributed by atoms with Crippen LogP contribution in [0, 0.1) is 5.92 Å². The molecule has 1 aliphatic heterocycles. The molecule has 2 fully saturated rings. The van der Waals surface area contributed by atoms with Gasteiger partial charge in [0.1, 0.15) is 10.7 Å². The molecule has 1 aromatic rings. The maximum Gasteiger partial charge on any atom is 0.267 e. The van der Waals surface area contributed by atoms with Crippen LogP contribution in [-0.4, -0.2) is 48.5 Å². The van der Waals surface area contributed by atoms with Crippen molar-refractivity contribution in [2.24, 2.45) is 11.7 Å². The second-order valence-electron chi connectivity index (χ2n) is 6.19. The van der Waals surface area contributed by atoms with Crippen LogP contribution < -0.4 is 16.4 Å². The summed E-state index contributed by atoms with van der Waals surface area (Å²) < 4.78 is 0. The van der Waals surface area contributed by atoms with Crippen LogP contribution in [-0.2, 0) is 0 Å². The van der Waals surface area contributed by atoms with Crippen LogP contribution in [0.4, 0.5) is 10.9 Å². The van der Waals surface area contributed by atoms with E-state index in [0.29, 0.717) is 16.6 Å². The Morgan fingerprint density at radius 3 is 2.90 bits per heavy atom. The highest BCUT2D eigenvalue weighted by atomic mass is 32.1. The Morgan fingerprint density at radius 1 is 1.48 bits per heavy atom. The first-order valence-corrected chi connectivity index (χ1v) is 8.38. The number of carbonyl (C=O) groups is 1. The molecule has 6 nitrogen and oxygen atoms in total. The quantitative estimate of drug-likeness (QED) is 0.870. The number of carbonyl (C=O) groups excluding carboxylic acids is 1. The molecule has 3 rings (SSSR count). The summed E-state index contributed by atoms with van der Waals surface area (Å²) in [7, 11) is 1.84. The van der Waals surface area contributed by atoms with Gasteiger partial charge in [-0.2, -0.15) is 0 Å². The van der Waals surface area contributed by atoms with E-state index < -0.39 is 0 Å². The lowest BCUT2D eigenvalue weighted by atomic mass is 10.1. The van der Waals surface area contributed by atoms with Crippen LogP contribution in [0.25, 0.3) is 0 Å². The van der Waals surface area contributed by atoms with Crippen molar-refractivity contribution in [2.75, 3.05) is 37.3 Å². The molecule has 0 bridgehead atoms. The summed E-state index contributed by atoms with van der Waals surface area (Å²) in [6, 6.07) is 0.181. The first kappa shape index (κ1) is 14.6. The number of nitrogen functional groups attached to an aromatic ring is 1. The van der Waals surface area contributed by atoms with Gasteiger partial charge in [0.25, 0.3) is 5.91 Å². The topological polar surface area (TPSA) is 88.5 Å². The molecule has 2 heterocycles. The van der Waals surface area contributed by atoms with Gasteiger partial charge in [0.15, 0.2) is 5.13 Å². The number of nitrogens with zero attached hydrogens (tertiary/aromatic N) is 3. The standard InChI is InChI=1S/C14H23N5OS/c1-18(7-9-4-5-9)13(20)11-12(16)17-14(21-11)19-6-2-3-10(15)8-19/h9-10H,2-8,15-16H2,1H3. The molecule has 1 aromatic heterocycles. The molecule has 1 atom stereocenters. The number of hydrogen-bond acceptors (Lipinski definition) is 6. The van der Waals surface area contributed by atoms with Crippen molar-refractivity contribution in [3.8, 4) is 0 Å². The molecule has 0 spiro atoms. The fraction of sp³-hybridized carbons (Fsp3) is 0.714. The largest absolute Gasteiger partial charge is 0.382 e. The molecular formula is C14H23N5OS. The Balaban J connectivity index is 1.72. The first-order chi connectivity index (χ1) is 10.0. The summed E-state index contributed by atoms with van der Waals surface area (Å²) in [5.41, 5.74) is 12.0. The molecular weight excluding hydrogens is 286 g/mol. The lowest BCUT2D eigenvalue weighted by molar-refractivity contribution is 0.0794. The van der Waals surface area contributed by atoms with Gasteiger partial charge in [0, 0.05) is 32.7 Å². The van der Waals surface area contributed by atoms with E-state index in [0.717, 1.165) is 37.6 Å². The van der Waals surface area contributed by atoms with Crippen molar-refractivity contribution in [3.05, 3.63) is 4.88 Å². The van der Waals surface area contributed by atoms with E-state index in [2.05, 4.69) is 9.88 Å². The molecule has 1 saturated carbocycles. The zero-order chi connectivity index (χ0) is 15.0. The van der Waals surface area contributed by atoms with Crippen LogP contribution in [0.5, 0.6) is 0 Å². The number of nitrogens with two attached hydrogens (primary N) is 2. The Hall–Kier alpha value is -1.34. The number of hydrogen-bond donors (Lipinski definition) is 2. The maximum absolute atomic E-state index is 12.5. The van der Waals surface area contributed by atoms with Crippen molar-refractivity contribution < 1.29 is 4.79 Å². The summed E-state index contributed by atoms with van der Waals surface area (Å²) in [5, 5.41) is 0.825. The van der Waals surface area contributed by atoms with Crippen LogP contribution >= 0.6 is 11.3 Å². The lowest BCUT2D eigenvalue weighted by Crippen LogP contribution is -2.42. The Labute approximate surface area is 129 Å². The highest BCUT2D eigenvalue weighted by molar-refractivity contribution is 7.18. The van der Waals surface area contributed by atoms with Gasteiger partial charge in [-0.1, -0.05) is 11.3 Å². The number of thiazole rings is 1. The van der Waals surface area contributed by atoms with E-state index in [-0.39, 0.29) is 11.9 Å². The Bertz CT molecular complexity index is 527. The average Bonchev–Trinajstić information content (AvgIpc) is 3.18. The predicted molar refractivity (Wildman–Crippen MR) is 85.6 cm³/mol. The lowest BCUT2D eigenvalue weighted by Gasteiger charge is -2.30. The van der Waals surface area contributed by atoms with Gasteiger partial charge in [-0.15, -0.1) is 0 Å². The maximum atomic E-state index is 12.5. The fourth-order valence-corrected chi connectivity index (χ4v) is 3.75. The Morgan fingerprint density at radius 2 is 2.24 bits per heavy atom. The van der Waals surface area contributed by atoms with Gasteiger partial charge in [0.05, 0.1) is 0 Å². The van der Waals surface area contributed by atoms with Gasteiger partial charge in [-0.3, -0.25) is 4.79 Å². The molecule has 21 heavy (non-hydrogen) atoms. The molecule has 7 heteroatoms. The van der Waals surface area contributed by atoms with E-state index >= 15 is 0 Å². The van der Waals surface area contributed by atoms with Crippen molar-refractivity contribution in [3.63, 3.8) is 0 Å². The monoisotopic (exact) mass is 309 g/mol. The molecule has 116 valence electrons. The minimum atomic E-state index is -0.00976. The van der Waals surface area contributed by atoms with Crippen LogP contribution in [0.15, 0.2) is 0 Å². The molecule has 4 N–H and O–H groups in total. The molecule has 1 unspecified atom stereocenters. The predicted octanol–water partition coefficient (Wildman–Crippen LogP) is 1.13. The first-order valence-electron chi connectivity index (χ1n) is 7.57. The number of rotatable bonds is 4. The third-order valence-electron chi connectivity index (χ3n) is 4.14. The fourth-order valence-electron chi connectivity index (χ4n) is 2.74. The van der Waals surface area contributed by atoms with E-state index in [1.54, 1.807) is 4.90 Å². The third-order valence-corrected chi connectivity index (χ3v) is 5.26. The number of aromatic nitrogens is 1. The van der Waals surface area contributed by atoms with E-state index in [1.165, 1.54) is 24.2 Å². The zero-order valence-electron chi connectivity index (χ0n) is 12.4. The van der Waals surface area contributed by atoms with Gasteiger partial charge in [-0.05, 0) is 31.6 Å². The van der Waals surface area contributed by atoms with Crippen LogP contribution in [0.1, 0.15) is 35.4 Å². The number of amides is 1. The second kappa shape index (κ2) is 5.81. The average molecular weight is 309 g/mol. The molecule has 1 aliphatic carbocycles. The SMILES string of the molecule is CN(CC1CC1)C(=O)c1sc(N2CCCC(N)C2)nc1N. The normalized spacial score (nSPS) is 22.4. The summed E-state index contributed by atoms with van der Waals surface area (Å²) in [4.78, 5) is 21.3. The molecule has 1 saturated heterocycles. The molecule has 1 amide bonds. The summed E-state index contributed by atoms with van der Waals surface area (Å²) in [5.74, 6) is 1.01. The Kier molecular flexibility index (Phi) is 4.03. The number of anilines is 2. The van der Waals surface area contributed by atoms with Crippen molar-refractivity contribution in [1.29, 1.82) is 0 Å². The molecule has 2 aliphatic rings. The zero-order valence-corrected chi connectivity index (χ0v) is 13.2. The van der Waals surface area contributed by atoms with Gasteiger partial charge in [0.2, 0.25) is 0 Å². The van der Waals surface area contributed by atoms with Crippen molar-refractivity contribution in [1.82, 2.24) is 9.88 Å². The summed E-state index contributed by atoms with van der Waals surface area (Å²) in [6.07, 6.45) is 4.57.